The lowest BCUT2D eigenvalue weighted by Gasteiger charge is -2.10. The molecule has 1 amide bonds. The second-order valence-electron chi connectivity index (χ2n) is 2.62. The van der Waals surface area contributed by atoms with Gasteiger partial charge in [-0.05, 0) is 30.7 Å². The largest absolute Gasteiger partial charge is 0.327 e. The number of rotatable bonds is 2. The molecule has 0 N–H and O–H groups in total. The van der Waals surface area contributed by atoms with Crippen molar-refractivity contribution in [2.75, 3.05) is 7.05 Å². The first kappa shape index (κ1) is 9.55. The van der Waals surface area contributed by atoms with Crippen molar-refractivity contribution in [3.63, 3.8) is 0 Å². The average Bonchev–Trinajstić information content (AvgIpc) is 2.35. The molecule has 0 aliphatic carbocycles. The molecular formula is C8H10ClNOS. The predicted octanol–water partition coefficient (Wildman–Crippen LogP) is 2.85. The molecule has 1 aromatic heterocycles. The van der Waals surface area contributed by atoms with Crippen molar-refractivity contribution in [1.82, 2.24) is 4.90 Å². The van der Waals surface area contributed by atoms with Crippen LogP contribution in [0.1, 0.15) is 9.75 Å². The van der Waals surface area contributed by atoms with Gasteiger partial charge in [-0.2, -0.15) is 0 Å². The van der Waals surface area contributed by atoms with E-state index in [1.54, 1.807) is 18.4 Å². The summed E-state index contributed by atoms with van der Waals surface area (Å²) in [6.07, 6.45) is 0. The van der Waals surface area contributed by atoms with E-state index in [9.17, 15) is 4.79 Å². The molecule has 0 spiro atoms. The Morgan fingerprint density at radius 2 is 2.33 bits per heavy atom. The van der Waals surface area contributed by atoms with E-state index >= 15 is 0 Å². The zero-order valence-corrected chi connectivity index (χ0v) is 8.58. The van der Waals surface area contributed by atoms with Gasteiger partial charge >= 0.3 is 5.37 Å². The zero-order chi connectivity index (χ0) is 9.14. The van der Waals surface area contributed by atoms with E-state index in [2.05, 4.69) is 0 Å². The van der Waals surface area contributed by atoms with Gasteiger partial charge in [-0.1, -0.05) is 0 Å². The number of carbonyl (C=O) groups is 1. The normalized spacial score (nSPS) is 9.92. The Hall–Kier alpha value is -0.540. The van der Waals surface area contributed by atoms with Gasteiger partial charge in [0.1, 0.15) is 0 Å². The fourth-order valence-corrected chi connectivity index (χ4v) is 1.87. The van der Waals surface area contributed by atoms with Gasteiger partial charge in [0.2, 0.25) is 0 Å². The van der Waals surface area contributed by atoms with Crippen molar-refractivity contribution in [2.45, 2.75) is 13.5 Å². The van der Waals surface area contributed by atoms with Crippen molar-refractivity contribution in [1.29, 1.82) is 0 Å². The summed E-state index contributed by atoms with van der Waals surface area (Å²) in [5, 5.41) is -0.416. The minimum Gasteiger partial charge on any atom is -0.327 e. The Balaban J connectivity index is 2.58. The van der Waals surface area contributed by atoms with Crippen LogP contribution in [-0.4, -0.2) is 17.3 Å². The summed E-state index contributed by atoms with van der Waals surface area (Å²) in [5.41, 5.74) is 0. The highest BCUT2D eigenvalue weighted by Gasteiger charge is 2.05. The molecule has 66 valence electrons. The standard InChI is InChI=1S/C8H10ClNOS/c1-6-3-4-7(12-6)5-10(2)8(9)11/h3-4H,5H2,1-2H3. The first-order valence-corrected chi connectivity index (χ1v) is 4.75. The van der Waals surface area contributed by atoms with Crippen molar-refractivity contribution >= 4 is 28.3 Å². The van der Waals surface area contributed by atoms with E-state index in [1.165, 1.54) is 9.78 Å². The number of carbonyl (C=O) groups excluding carboxylic acids is 1. The van der Waals surface area contributed by atoms with Crippen LogP contribution < -0.4 is 0 Å². The Morgan fingerprint density at radius 3 is 2.75 bits per heavy atom. The van der Waals surface area contributed by atoms with Crippen molar-refractivity contribution in [3.05, 3.63) is 21.9 Å². The summed E-state index contributed by atoms with van der Waals surface area (Å²) in [7, 11) is 1.68. The Labute approximate surface area is 80.8 Å². The van der Waals surface area contributed by atoms with Gasteiger partial charge < -0.3 is 4.90 Å². The van der Waals surface area contributed by atoms with E-state index < -0.39 is 5.37 Å². The molecule has 4 heteroatoms. The zero-order valence-electron chi connectivity index (χ0n) is 7.00. The van der Waals surface area contributed by atoms with Crippen LogP contribution in [0.3, 0.4) is 0 Å². The summed E-state index contributed by atoms with van der Waals surface area (Å²) < 4.78 is 0. The third-order valence-electron chi connectivity index (χ3n) is 1.49. The van der Waals surface area contributed by atoms with Gasteiger partial charge in [0.05, 0.1) is 6.54 Å². The maximum atomic E-state index is 10.7. The molecule has 1 aromatic rings. The molecule has 0 atom stereocenters. The Kier molecular flexibility index (Phi) is 3.12. The lowest BCUT2D eigenvalue weighted by Crippen LogP contribution is -2.19. The smallest absolute Gasteiger partial charge is 0.316 e. The quantitative estimate of drug-likeness (QED) is 0.535. The van der Waals surface area contributed by atoms with Crippen LogP contribution in [0.2, 0.25) is 0 Å². The van der Waals surface area contributed by atoms with Crippen LogP contribution in [-0.2, 0) is 6.54 Å². The molecule has 0 unspecified atom stereocenters. The molecule has 1 heterocycles. The number of amides is 1. The monoisotopic (exact) mass is 203 g/mol. The second-order valence-corrected chi connectivity index (χ2v) is 4.32. The van der Waals surface area contributed by atoms with Crippen LogP contribution in [0.4, 0.5) is 4.79 Å². The summed E-state index contributed by atoms with van der Waals surface area (Å²) in [5.74, 6) is 0. The maximum Gasteiger partial charge on any atom is 0.316 e. The van der Waals surface area contributed by atoms with Gasteiger partial charge in [0.25, 0.3) is 0 Å². The topological polar surface area (TPSA) is 20.3 Å². The molecule has 0 fully saturated rings. The molecule has 0 saturated carbocycles. The number of aryl methyl sites for hydroxylation is 1. The number of hydrogen-bond acceptors (Lipinski definition) is 2. The fraction of sp³-hybridized carbons (Fsp3) is 0.375. The molecular weight excluding hydrogens is 194 g/mol. The highest BCUT2D eigenvalue weighted by molar-refractivity contribution is 7.11. The van der Waals surface area contributed by atoms with Crippen LogP contribution >= 0.6 is 22.9 Å². The third-order valence-corrected chi connectivity index (χ3v) is 2.76. The van der Waals surface area contributed by atoms with Crippen LogP contribution in [0.25, 0.3) is 0 Å². The Morgan fingerprint density at radius 1 is 1.67 bits per heavy atom. The molecule has 2 nitrogen and oxygen atoms in total. The molecule has 0 aliphatic rings. The third kappa shape index (κ3) is 2.50. The fourth-order valence-electron chi connectivity index (χ4n) is 0.866. The van der Waals surface area contributed by atoms with Gasteiger partial charge in [-0.25, -0.2) is 0 Å². The molecule has 0 radical (unpaired) electrons. The van der Waals surface area contributed by atoms with Gasteiger partial charge in [-0.15, -0.1) is 11.3 Å². The van der Waals surface area contributed by atoms with Crippen molar-refractivity contribution < 1.29 is 4.79 Å². The van der Waals surface area contributed by atoms with Crippen molar-refractivity contribution in [3.8, 4) is 0 Å². The van der Waals surface area contributed by atoms with Gasteiger partial charge in [0, 0.05) is 16.8 Å². The second kappa shape index (κ2) is 3.92. The predicted molar refractivity (Wildman–Crippen MR) is 51.8 cm³/mol. The molecule has 0 aromatic carbocycles. The summed E-state index contributed by atoms with van der Waals surface area (Å²) in [6.45, 7) is 2.64. The molecule has 0 bridgehead atoms. The SMILES string of the molecule is Cc1ccc(CN(C)C(=O)Cl)s1. The average molecular weight is 204 g/mol. The van der Waals surface area contributed by atoms with Crippen LogP contribution in [0.5, 0.6) is 0 Å². The summed E-state index contributed by atoms with van der Waals surface area (Å²) in [6, 6.07) is 4.04. The summed E-state index contributed by atoms with van der Waals surface area (Å²) in [4.78, 5) is 14.5. The lowest BCUT2D eigenvalue weighted by molar-refractivity contribution is 0.231. The highest BCUT2D eigenvalue weighted by atomic mass is 35.5. The number of hydrogen-bond donors (Lipinski definition) is 0. The number of thiophene rings is 1. The molecule has 12 heavy (non-hydrogen) atoms. The lowest BCUT2D eigenvalue weighted by atomic mass is 10.4. The maximum absolute atomic E-state index is 10.7. The number of halogens is 1. The first-order valence-electron chi connectivity index (χ1n) is 3.55. The minimum absolute atomic E-state index is 0.416. The van der Waals surface area contributed by atoms with Gasteiger partial charge in [0.15, 0.2) is 0 Å². The van der Waals surface area contributed by atoms with Crippen LogP contribution in [0.15, 0.2) is 12.1 Å². The molecule has 0 aliphatic heterocycles. The Bertz CT molecular complexity index is 284. The van der Waals surface area contributed by atoms with E-state index in [4.69, 9.17) is 11.6 Å². The molecule has 0 saturated heterocycles. The highest BCUT2D eigenvalue weighted by Crippen LogP contribution is 2.16. The van der Waals surface area contributed by atoms with E-state index in [-0.39, 0.29) is 0 Å². The van der Waals surface area contributed by atoms with Gasteiger partial charge in [-0.3, -0.25) is 4.79 Å². The van der Waals surface area contributed by atoms with E-state index in [0.717, 1.165) is 4.88 Å². The molecule has 1 rings (SSSR count). The van der Waals surface area contributed by atoms with E-state index in [1.807, 2.05) is 19.1 Å². The van der Waals surface area contributed by atoms with E-state index in [0.29, 0.717) is 6.54 Å². The first-order chi connectivity index (χ1) is 5.59. The van der Waals surface area contributed by atoms with Crippen molar-refractivity contribution in [2.24, 2.45) is 0 Å². The number of nitrogens with zero attached hydrogens (tertiary/aromatic N) is 1. The summed E-state index contributed by atoms with van der Waals surface area (Å²) >= 11 is 6.96. The van der Waals surface area contributed by atoms with Crippen LogP contribution in [0, 0.1) is 6.92 Å². The minimum atomic E-state index is -0.416.